The molecule has 3 nitrogen and oxygen atoms in total. The highest BCUT2D eigenvalue weighted by atomic mass is 35.5. The summed E-state index contributed by atoms with van der Waals surface area (Å²) in [6, 6.07) is 12.7. The monoisotopic (exact) mass is 320 g/mol. The number of nitrogens with one attached hydrogen (secondary N) is 2. The summed E-state index contributed by atoms with van der Waals surface area (Å²) in [4.78, 5) is 0. The van der Waals surface area contributed by atoms with Crippen LogP contribution in [0.4, 0.5) is 4.39 Å². The lowest BCUT2D eigenvalue weighted by Gasteiger charge is -2.26. The molecule has 0 unspecified atom stereocenters. The third-order valence-electron chi connectivity index (χ3n) is 3.77. The number of hydrogen-bond acceptors (Lipinski definition) is 3. The van der Waals surface area contributed by atoms with E-state index in [0.29, 0.717) is 10.6 Å². The number of piperazine rings is 1. The molecule has 22 heavy (non-hydrogen) atoms. The number of rotatable bonds is 4. The van der Waals surface area contributed by atoms with Crippen LogP contribution < -0.4 is 15.4 Å². The van der Waals surface area contributed by atoms with Crippen molar-refractivity contribution in [3.05, 3.63) is 64.4 Å². The van der Waals surface area contributed by atoms with E-state index in [9.17, 15) is 4.39 Å². The molecule has 5 heteroatoms. The minimum absolute atomic E-state index is 0.114. The molecule has 1 saturated heterocycles. The molecule has 116 valence electrons. The lowest BCUT2D eigenvalue weighted by molar-refractivity contribution is 0.290. The van der Waals surface area contributed by atoms with E-state index in [-0.39, 0.29) is 18.5 Å². The summed E-state index contributed by atoms with van der Waals surface area (Å²) in [6.45, 7) is 2.84. The van der Waals surface area contributed by atoms with Gasteiger partial charge in [-0.05, 0) is 18.2 Å². The van der Waals surface area contributed by atoms with E-state index in [1.165, 1.54) is 6.07 Å². The Labute approximate surface area is 134 Å². The van der Waals surface area contributed by atoms with E-state index in [1.54, 1.807) is 12.1 Å². The molecule has 0 spiro atoms. The lowest BCUT2D eigenvalue weighted by Crippen LogP contribution is -2.42. The second-order valence-corrected chi connectivity index (χ2v) is 5.64. The third kappa shape index (κ3) is 3.40. The normalized spacial score (nSPS) is 18.2. The van der Waals surface area contributed by atoms with Crippen LogP contribution in [0.25, 0.3) is 0 Å². The van der Waals surface area contributed by atoms with E-state index >= 15 is 0 Å². The van der Waals surface area contributed by atoms with Gasteiger partial charge in [-0.15, -0.1) is 0 Å². The third-order valence-corrected chi connectivity index (χ3v) is 4.12. The maximum absolute atomic E-state index is 13.8. The summed E-state index contributed by atoms with van der Waals surface area (Å²) in [5.74, 6) is 0.408. The van der Waals surface area contributed by atoms with Crippen molar-refractivity contribution in [2.24, 2.45) is 0 Å². The van der Waals surface area contributed by atoms with Gasteiger partial charge in [-0.3, -0.25) is 0 Å². The number of hydrogen-bond donors (Lipinski definition) is 2. The van der Waals surface area contributed by atoms with Gasteiger partial charge in [-0.1, -0.05) is 35.9 Å². The van der Waals surface area contributed by atoms with Crippen LogP contribution in [-0.4, -0.2) is 19.6 Å². The second-order valence-electron chi connectivity index (χ2n) is 5.24. The van der Waals surface area contributed by atoms with E-state index in [2.05, 4.69) is 10.6 Å². The number of para-hydroxylation sites is 1. The zero-order valence-electron chi connectivity index (χ0n) is 12.1. The van der Waals surface area contributed by atoms with Gasteiger partial charge in [0, 0.05) is 36.8 Å². The Morgan fingerprint density at radius 3 is 2.77 bits per heavy atom. The standard InChI is InChI=1S/C17H18ClFN2O/c18-14-5-3-6-15(19)13(14)11-22-17-7-2-1-4-12(17)16-10-20-8-9-21-16/h1-7,16,20-21H,8-11H2/t16-/m0/s1. The average molecular weight is 321 g/mol. The molecule has 2 N–H and O–H groups in total. The maximum Gasteiger partial charge on any atom is 0.131 e. The van der Waals surface area contributed by atoms with Gasteiger partial charge in [-0.25, -0.2) is 4.39 Å². The topological polar surface area (TPSA) is 33.3 Å². The summed E-state index contributed by atoms with van der Waals surface area (Å²) in [5, 5.41) is 7.19. The largest absolute Gasteiger partial charge is 0.488 e. The van der Waals surface area contributed by atoms with Gasteiger partial charge in [0.2, 0.25) is 0 Å². The Kier molecular flexibility index (Phi) is 4.93. The smallest absolute Gasteiger partial charge is 0.131 e. The van der Waals surface area contributed by atoms with E-state index in [1.807, 2.05) is 24.3 Å². The minimum atomic E-state index is -0.345. The first-order valence-electron chi connectivity index (χ1n) is 7.34. The van der Waals surface area contributed by atoms with Gasteiger partial charge in [0.1, 0.15) is 18.2 Å². The lowest BCUT2D eigenvalue weighted by atomic mass is 10.0. The summed E-state index contributed by atoms with van der Waals surface area (Å²) < 4.78 is 19.7. The van der Waals surface area contributed by atoms with Gasteiger partial charge in [-0.2, -0.15) is 0 Å². The van der Waals surface area contributed by atoms with Crippen molar-refractivity contribution in [3.8, 4) is 5.75 Å². The second kappa shape index (κ2) is 7.09. The summed E-state index contributed by atoms with van der Waals surface area (Å²) in [7, 11) is 0. The van der Waals surface area contributed by atoms with Crippen molar-refractivity contribution in [3.63, 3.8) is 0 Å². The number of halogens is 2. The van der Waals surface area contributed by atoms with Gasteiger partial charge >= 0.3 is 0 Å². The number of benzene rings is 2. The predicted molar refractivity (Wildman–Crippen MR) is 85.8 cm³/mol. The average Bonchev–Trinajstić information content (AvgIpc) is 2.56. The summed E-state index contributed by atoms with van der Waals surface area (Å²) in [5.41, 5.74) is 1.45. The summed E-state index contributed by atoms with van der Waals surface area (Å²) >= 11 is 6.04. The Morgan fingerprint density at radius 1 is 1.14 bits per heavy atom. The molecule has 0 radical (unpaired) electrons. The van der Waals surface area contributed by atoms with Crippen LogP contribution in [0.15, 0.2) is 42.5 Å². The minimum Gasteiger partial charge on any atom is -0.488 e. The molecule has 2 aromatic rings. The van der Waals surface area contributed by atoms with Crippen molar-refractivity contribution >= 4 is 11.6 Å². The molecular formula is C17H18ClFN2O. The maximum atomic E-state index is 13.8. The van der Waals surface area contributed by atoms with Crippen molar-refractivity contribution in [1.82, 2.24) is 10.6 Å². The molecule has 2 aromatic carbocycles. The van der Waals surface area contributed by atoms with Crippen LogP contribution in [0.2, 0.25) is 5.02 Å². The number of ether oxygens (including phenoxy) is 1. The molecule has 0 aliphatic carbocycles. The molecule has 3 rings (SSSR count). The zero-order chi connectivity index (χ0) is 15.4. The van der Waals surface area contributed by atoms with Crippen LogP contribution in [0.3, 0.4) is 0 Å². The molecule has 0 amide bonds. The van der Waals surface area contributed by atoms with E-state index in [0.717, 1.165) is 30.9 Å². The quantitative estimate of drug-likeness (QED) is 0.907. The van der Waals surface area contributed by atoms with Crippen molar-refractivity contribution in [2.75, 3.05) is 19.6 Å². The fourth-order valence-electron chi connectivity index (χ4n) is 2.59. The zero-order valence-corrected chi connectivity index (χ0v) is 12.9. The Bertz CT molecular complexity index is 624. The Balaban J connectivity index is 1.78. The highest BCUT2D eigenvalue weighted by Crippen LogP contribution is 2.28. The summed E-state index contributed by atoms with van der Waals surface area (Å²) in [6.07, 6.45) is 0. The molecule has 1 aliphatic heterocycles. The molecule has 1 fully saturated rings. The highest BCUT2D eigenvalue weighted by Gasteiger charge is 2.18. The van der Waals surface area contributed by atoms with Crippen LogP contribution >= 0.6 is 11.6 Å². The van der Waals surface area contributed by atoms with Gasteiger partial charge in [0.15, 0.2) is 0 Å². The molecule has 0 bridgehead atoms. The van der Waals surface area contributed by atoms with Crippen LogP contribution in [-0.2, 0) is 6.61 Å². The highest BCUT2D eigenvalue weighted by molar-refractivity contribution is 6.31. The molecule has 0 aromatic heterocycles. The molecular weight excluding hydrogens is 303 g/mol. The van der Waals surface area contributed by atoms with Gasteiger partial charge in [0.25, 0.3) is 0 Å². The molecule has 1 atom stereocenters. The first kappa shape index (κ1) is 15.3. The van der Waals surface area contributed by atoms with Crippen molar-refractivity contribution in [2.45, 2.75) is 12.6 Å². The molecule has 1 heterocycles. The predicted octanol–water partition coefficient (Wildman–Crippen LogP) is 3.29. The first-order valence-corrected chi connectivity index (χ1v) is 7.72. The van der Waals surface area contributed by atoms with E-state index in [4.69, 9.17) is 16.3 Å². The van der Waals surface area contributed by atoms with Crippen LogP contribution in [0.1, 0.15) is 17.2 Å². The van der Waals surface area contributed by atoms with Crippen LogP contribution in [0.5, 0.6) is 5.75 Å². The Morgan fingerprint density at radius 2 is 2.00 bits per heavy atom. The van der Waals surface area contributed by atoms with Gasteiger partial charge in [0.05, 0.1) is 5.02 Å². The fourth-order valence-corrected chi connectivity index (χ4v) is 2.81. The molecule has 1 aliphatic rings. The molecule has 0 saturated carbocycles. The van der Waals surface area contributed by atoms with Gasteiger partial charge < -0.3 is 15.4 Å². The van der Waals surface area contributed by atoms with Crippen LogP contribution in [0, 0.1) is 5.82 Å². The SMILES string of the molecule is Fc1cccc(Cl)c1COc1ccccc1[C@@H]1CNCCN1. The van der Waals surface area contributed by atoms with E-state index < -0.39 is 0 Å². The van der Waals surface area contributed by atoms with Crippen molar-refractivity contribution in [1.29, 1.82) is 0 Å². The fraction of sp³-hybridized carbons (Fsp3) is 0.294. The van der Waals surface area contributed by atoms with Crippen molar-refractivity contribution < 1.29 is 9.13 Å². The Hall–Kier alpha value is -1.62. The first-order chi connectivity index (χ1) is 10.8.